The molecular weight excluding hydrogens is 240 g/mol. The van der Waals surface area contributed by atoms with E-state index in [0.717, 1.165) is 12.5 Å². The average Bonchev–Trinajstić information content (AvgIpc) is 3.02. The highest BCUT2D eigenvalue weighted by Crippen LogP contribution is 2.53. The zero-order valence-corrected chi connectivity index (χ0v) is 9.78. The summed E-state index contributed by atoms with van der Waals surface area (Å²) in [5.74, 6) is -1.88. The average molecular weight is 253 g/mol. The molecule has 4 N–H and O–H groups in total. The third kappa shape index (κ3) is 1.45. The Labute approximate surface area is 103 Å². The van der Waals surface area contributed by atoms with E-state index in [1.54, 1.807) is 6.92 Å². The van der Waals surface area contributed by atoms with E-state index >= 15 is 0 Å². The van der Waals surface area contributed by atoms with E-state index in [-0.39, 0.29) is 29.3 Å². The van der Waals surface area contributed by atoms with Crippen molar-refractivity contribution in [3.8, 4) is 0 Å². The van der Waals surface area contributed by atoms with E-state index in [1.807, 2.05) is 0 Å². The molecular formula is C12H13F2N3O. The number of aliphatic imine (C=N–C) groups is 1. The predicted molar refractivity (Wildman–Crippen MR) is 62.7 cm³/mol. The molecule has 0 amide bonds. The number of halogens is 2. The molecule has 3 unspecified atom stereocenters. The first-order chi connectivity index (χ1) is 8.41. The van der Waals surface area contributed by atoms with Crippen LogP contribution in [-0.2, 0) is 10.3 Å². The summed E-state index contributed by atoms with van der Waals surface area (Å²) in [5, 5.41) is 0. The Morgan fingerprint density at radius 1 is 1.39 bits per heavy atom. The van der Waals surface area contributed by atoms with Crippen LogP contribution < -0.4 is 11.5 Å². The summed E-state index contributed by atoms with van der Waals surface area (Å²) >= 11 is 0. The number of hydrogen-bond acceptors (Lipinski definition) is 4. The Kier molecular flexibility index (Phi) is 2.09. The topological polar surface area (TPSA) is 73.6 Å². The summed E-state index contributed by atoms with van der Waals surface area (Å²) in [6.07, 6.45) is 0.674. The monoisotopic (exact) mass is 253 g/mol. The molecule has 6 heteroatoms. The lowest BCUT2D eigenvalue weighted by Gasteiger charge is -2.30. The van der Waals surface area contributed by atoms with E-state index in [4.69, 9.17) is 16.2 Å². The van der Waals surface area contributed by atoms with Crippen molar-refractivity contribution in [3.05, 3.63) is 29.3 Å². The fourth-order valence-corrected chi connectivity index (χ4v) is 2.62. The van der Waals surface area contributed by atoms with Gasteiger partial charge >= 0.3 is 0 Å². The highest BCUT2D eigenvalue weighted by molar-refractivity contribution is 5.74. The van der Waals surface area contributed by atoms with Crippen LogP contribution in [0.15, 0.2) is 17.1 Å². The molecule has 4 nitrogen and oxygen atoms in total. The first kappa shape index (κ1) is 11.3. The minimum atomic E-state index is -0.969. The second kappa shape index (κ2) is 3.34. The van der Waals surface area contributed by atoms with Crippen molar-refractivity contribution in [2.75, 3.05) is 5.73 Å². The third-order valence-corrected chi connectivity index (χ3v) is 3.66. The van der Waals surface area contributed by atoms with E-state index in [2.05, 4.69) is 4.99 Å². The predicted octanol–water partition coefficient (Wildman–Crippen LogP) is 1.50. The number of benzene rings is 1. The van der Waals surface area contributed by atoms with Crippen molar-refractivity contribution in [2.45, 2.75) is 25.0 Å². The minimum absolute atomic E-state index is 0.0125. The lowest BCUT2D eigenvalue weighted by atomic mass is 9.86. The van der Waals surface area contributed by atoms with E-state index in [9.17, 15) is 8.78 Å². The van der Waals surface area contributed by atoms with Crippen LogP contribution in [0.3, 0.4) is 0 Å². The van der Waals surface area contributed by atoms with Crippen LogP contribution in [0.1, 0.15) is 18.9 Å². The zero-order chi connectivity index (χ0) is 13.1. The van der Waals surface area contributed by atoms with Gasteiger partial charge in [0.1, 0.15) is 6.10 Å². The van der Waals surface area contributed by atoms with Crippen LogP contribution in [0.4, 0.5) is 14.5 Å². The summed E-state index contributed by atoms with van der Waals surface area (Å²) in [7, 11) is 0. The minimum Gasteiger partial charge on any atom is -0.462 e. The molecule has 3 rings (SSSR count). The molecule has 0 spiro atoms. The number of amidine groups is 1. The molecule has 0 saturated heterocycles. The molecule has 1 aliphatic heterocycles. The summed E-state index contributed by atoms with van der Waals surface area (Å²) in [6, 6.07) is 2.38. The van der Waals surface area contributed by atoms with Gasteiger partial charge in [-0.1, -0.05) is 0 Å². The lowest BCUT2D eigenvalue weighted by molar-refractivity contribution is 0.201. The van der Waals surface area contributed by atoms with Gasteiger partial charge in [-0.25, -0.2) is 13.8 Å². The number of hydrogen-bond donors (Lipinski definition) is 2. The standard InChI is InChI=1S/C12H13F2N3O/c1-12(6-4-9(6)18-11(16)17-12)7-2-5(15)3-8(13)10(7)14/h2-3,6,9H,4,15H2,1H3,(H2,16,17). The molecule has 0 radical (unpaired) electrons. The van der Waals surface area contributed by atoms with E-state index in [1.165, 1.54) is 6.07 Å². The van der Waals surface area contributed by atoms with Crippen LogP contribution in [-0.4, -0.2) is 12.1 Å². The molecule has 1 aliphatic carbocycles. The van der Waals surface area contributed by atoms with Crippen molar-refractivity contribution in [1.29, 1.82) is 0 Å². The maximum atomic E-state index is 13.9. The quantitative estimate of drug-likeness (QED) is 0.745. The van der Waals surface area contributed by atoms with Crippen molar-refractivity contribution in [3.63, 3.8) is 0 Å². The number of nitrogens with zero attached hydrogens (tertiary/aromatic N) is 1. The maximum absolute atomic E-state index is 13.9. The van der Waals surface area contributed by atoms with Crippen molar-refractivity contribution in [1.82, 2.24) is 0 Å². The highest BCUT2D eigenvalue weighted by Gasteiger charge is 2.57. The van der Waals surface area contributed by atoms with E-state index in [0.29, 0.717) is 0 Å². The van der Waals surface area contributed by atoms with E-state index < -0.39 is 17.2 Å². The Bertz CT molecular complexity index is 560. The first-order valence-corrected chi connectivity index (χ1v) is 5.69. The number of nitrogen functional groups attached to an aromatic ring is 1. The Morgan fingerprint density at radius 3 is 2.83 bits per heavy atom. The molecule has 1 aromatic rings. The fourth-order valence-electron chi connectivity index (χ4n) is 2.62. The fraction of sp³-hybridized carbons (Fsp3) is 0.417. The molecule has 18 heavy (non-hydrogen) atoms. The second-order valence-corrected chi connectivity index (χ2v) is 4.96. The van der Waals surface area contributed by atoms with Crippen LogP contribution in [0, 0.1) is 17.6 Å². The number of nitrogens with two attached hydrogens (primary N) is 2. The van der Waals surface area contributed by atoms with Gasteiger partial charge in [0.05, 0.1) is 5.54 Å². The number of ether oxygens (including phenoxy) is 1. The smallest absolute Gasteiger partial charge is 0.283 e. The number of anilines is 1. The molecule has 96 valence electrons. The summed E-state index contributed by atoms with van der Waals surface area (Å²) < 4.78 is 32.6. The van der Waals surface area contributed by atoms with Gasteiger partial charge in [-0.05, 0) is 25.5 Å². The molecule has 1 heterocycles. The highest BCUT2D eigenvalue weighted by atomic mass is 19.2. The summed E-state index contributed by atoms with van der Waals surface area (Å²) in [5.41, 5.74) is 10.5. The summed E-state index contributed by atoms with van der Waals surface area (Å²) in [4.78, 5) is 4.16. The Morgan fingerprint density at radius 2 is 2.11 bits per heavy atom. The van der Waals surface area contributed by atoms with Crippen molar-refractivity contribution in [2.24, 2.45) is 16.6 Å². The van der Waals surface area contributed by atoms with Crippen LogP contribution in [0.25, 0.3) is 0 Å². The van der Waals surface area contributed by atoms with Gasteiger partial charge in [0.2, 0.25) is 0 Å². The summed E-state index contributed by atoms with van der Waals surface area (Å²) in [6.45, 7) is 1.73. The first-order valence-electron chi connectivity index (χ1n) is 5.69. The van der Waals surface area contributed by atoms with Gasteiger partial charge in [0.15, 0.2) is 11.6 Å². The van der Waals surface area contributed by atoms with Crippen molar-refractivity contribution >= 4 is 11.7 Å². The molecule has 3 atom stereocenters. The molecule has 0 aromatic heterocycles. The molecule has 2 aliphatic rings. The molecule has 1 fully saturated rings. The third-order valence-electron chi connectivity index (χ3n) is 3.66. The van der Waals surface area contributed by atoms with Crippen LogP contribution in [0.5, 0.6) is 0 Å². The van der Waals surface area contributed by atoms with Gasteiger partial charge in [-0.3, -0.25) is 0 Å². The largest absolute Gasteiger partial charge is 0.462 e. The number of fused-ring (bicyclic) bond motifs is 1. The molecule has 0 bridgehead atoms. The van der Waals surface area contributed by atoms with Gasteiger partial charge in [0.25, 0.3) is 6.02 Å². The SMILES string of the molecule is CC1(c2cc(N)cc(F)c2F)N=C(N)OC2CC21. The van der Waals surface area contributed by atoms with Gasteiger partial charge in [0, 0.05) is 17.2 Å². The van der Waals surface area contributed by atoms with Crippen LogP contribution >= 0.6 is 0 Å². The van der Waals surface area contributed by atoms with Gasteiger partial charge in [-0.15, -0.1) is 0 Å². The van der Waals surface area contributed by atoms with Crippen LogP contribution in [0.2, 0.25) is 0 Å². The Balaban J connectivity index is 2.17. The van der Waals surface area contributed by atoms with Crippen molar-refractivity contribution < 1.29 is 13.5 Å². The normalized spacial score (nSPS) is 33.4. The lowest BCUT2D eigenvalue weighted by Crippen LogP contribution is -2.36. The Hall–Kier alpha value is -1.85. The van der Waals surface area contributed by atoms with Gasteiger partial charge < -0.3 is 16.2 Å². The van der Waals surface area contributed by atoms with Gasteiger partial charge in [-0.2, -0.15) is 0 Å². The molecule has 1 saturated carbocycles. The zero-order valence-electron chi connectivity index (χ0n) is 9.78. The maximum Gasteiger partial charge on any atom is 0.283 e. The second-order valence-electron chi connectivity index (χ2n) is 4.96. The molecule has 1 aromatic carbocycles. The number of rotatable bonds is 1.